The Kier molecular flexibility index (Phi) is 4.93. The normalized spacial score (nSPS) is 11.2. The number of anilines is 1. The first-order chi connectivity index (χ1) is 10.8. The fraction of sp³-hybridized carbons (Fsp3) is 0.412. The molecular weight excluding hydrogens is 294 g/mol. The van der Waals surface area contributed by atoms with Crippen LogP contribution in [-0.4, -0.2) is 35.6 Å². The van der Waals surface area contributed by atoms with Crippen molar-refractivity contribution < 1.29 is 14.3 Å². The van der Waals surface area contributed by atoms with E-state index < -0.39 is 11.7 Å². The van der Waals surface area contributed by atoms with Gasteiger partial charge in [-0.1, -0.05) is 12.1 Å². The lowest BCUT2D eigenvalue weighted by Crippen LogP contribution is -2.34. The number of aromatic nitrogens is 2. The Hall–Kier alpha value is -2.50. The number of hydrogen-bond acceptors (Lipinski definition) is 4. The van der Waals surface area contributed by atoms with E-state index in [-0.39, 0.29) is 0 Å². The molecule has 1 aromatic carbocycles. The fourth-order valence-electron chi connectivity index (χ4n) is 1.96. The van der Waals surface area contributed by atoms with Gasteiger partial charge in [0, 0.05) is 19.3 Å². The monoisotopic (exact) mass is 317 g/mol. The maximum atomic E-state index is 12.0. The van der Waals surface area contributed by atoms with Gasteiger partial charge < -0.3 is 9.47 Å². The molecule has 0 atom stereocenters. The Morgan fingerprint density at radius 3 is 2.43 bits per heavy atom. The van der Waals surface area contributed by atoms with Crippen LogP contribution in [-0.2, 0) is 11.3 Å². The highest BCUT2D eigenvalue weighted by Crippen LogP contribution is 2.16. The molecule has 0 aliphatic rings. The number of hydrogen-bond donors (Lipinski definition) is 0. The molecule has 0 spiro atoms. The van der Waals surface area contributed by atoms with Crippen LogP contribution in [0.5, 0.6) is 5.75 Å². The highest BCUT2D eigenvalue weighted by atomic mass is 16.6. The average Bonchev–Trinajstić information content (AvgIpc) is 2.94. The van der Waals surface area contributed by atoms with E-state index in [1.54, 1.807) is 24.9 Å². The first-order valence-electron chi connectivity index (χ1n) is 7.41. The molecule has 0 aliphatic carbocycles. The molecule has 0 saturated carbocycles. The lowest BCUT2D eigenvalue weighted by Gasteiger charge is -2.23. The van der Waals surface area contributed by atoms with Crippen molar-refractivity contribution in [1.29, 1.82) is 0 Å². The van der Waals surface area contributed by atoms with Crippen LogP contribution in [0.3, 0.4) is 0 Å². The SMILES string of the molecule is COc1ccc(Cn2ccc(N(C)C(=O)OC(C)(C)C)n2)cc1. The van der Waals surface area contributed by atoms with Crippen LogP contribution < -0.4 is 9.64 Å². The van der Waals surface area contributed by atoms with Gasteiger partial charge >= 0.3 is 6.09 Å². The molecule has 0 unspecified atom stereocenters. The molecular formula is C17H23N3O3. The average molecular weight is 317 g/mol. The smallest absolute Gasteiger partial charge is 0.415 e. The molecule has 1 heterocycles. The van der Waals surface area contributed by atoms with Gasteiger partial charge in [-0.05, 0) is 38.5 Å². The Morgan fingerprint density at radius 1 is 1.22 bits per heavy atom. The number of carbonyl (C=O) groups is 1. The van der Waals surface area contributed by atoms with Crippen LogP contribution in [0.15, 0.2) is 36.5 Å². The van der Waals surface area contributed by atoms with Gasteiger partial charge in [-0.3, -0.25) is 9.58 Å². The quantitative estimate of drug-likeness (QED) is 0.868. The number of ether oxygens (including phenoxy) is 2. The molecule has 0 bridgehead atoms. The Bertz CT molecular complexity index is 656. The van der Waals surface area contributed by atoms with Gasteiger partial charge in [0.1, 0.15) is 11.4 Å². The van der Waals surface area contributed by atoms with E-state index in [0.29, 0.717) is 12.4 Å². The zero-order chi connectivity index (χ0) is 17.0. The molecule has 0 saturated heterocycles. The Labute approximate surface area is 136 Å². The van der Waals surface area contributed by atoms with E-state index in [2.05, 4.69) is 5.10 Å². The predicted molar refractivity (Wildman–Crippen MR) is 89.0 cm³/mol. The topological polar surface area (TPSA) is 56.6 Å². The first kappa shape index (κ1) is 16.9. The van der Waals surface area contributed by atoms with Crippen molar-refractivity contribution in [2.24, 2.45) is 0 Å². The lowest BCUT2D eigenvalue weighted by molar-refractivity contribution is 0.0588. The number of rotatable bonds is 4. The second-order valence-corrected chi connectivity index (χ2v) is 6.26. The maximum Gasteiger partial charge on any atom is 0.415 e. The van der Waals surface area contributed by atoms with Gasteiger partial charge in [0.2, 0.25) is 0 Å². The minimum atomic E-state index is -0.531. The number of carbonyl (C=O) groups excluding carboxylic acids is 1. The van der Waals surface area contributed by atoms with Crippen LogP contribution in [0.25, 0.3) is 0 Å². The van der Waals surface area contributed by atoms with Gasteiger partial charge in [0.15, 0.2) is 5.82 Å². The molecule has 6 nitrogen and oxygen atoms in total. The van der Waals surface area contributed by atoms with Crippen LogP contribution in [0.4, 0.5) is 10.6 Å². The zero-order valence-corrected chi connectivity index (χ0v) is 14.2. The molecule has 1 amide bonds. The minimum absolute atomic E-state index is 0.424. The first-order valence-corrected chi connectivity index (χ1v) is 7.41. The van der Waals surface area contributed by atoms with Gasteiger partial charge in [-0.25, -0.2) is 4.79 Å². The molecule has 0 N–H and O–H groups in total. The van der Waals surface area contributed by atoms with Gasteiger partial charge in [-0.2, -0.15) is 5.10 Å². The van der Waals surface area contributed by atoms with Crippen LogP contribution in [0, 0.1) is 0 Å². The summed E-state index contributed by atoms with van der Waals surface area (Å²) in [5.74, 6) is 1.37. The van der Waals surface area contributed by atoms with Crippen molar-refractivity contribution in [2.45, 2.75) is 32.9 Å². The Balaban J connectivity index is 2.03. The van der Waals surface area contributed by atoms with Crippen LogP contribution in [0.2, 0.25) is 0 Å². The van der Waals surface area contributed by atoms with Crippen molar-refractivity contribution in [3.63, 3.8) is 0 Å². The van der Waals surface area contributed by atoms with Crippen LogP contribution in [0.1, 0.15) is 26.3 Å². The number of benzene rings is 1. The number of amides is 1. The van der Waals surface area contributed by atoms with E-state index in [4.69, 9.17) is 9.47 Å². The van der Waals surface area contributed by atoms with Crippen LogP contribution >= 0.6 is 0 Å². The van der Waals surface area contributed by atoms with Crippen molar-refractivity contribution >= 4 is 11.9 Å². The summed E-state index contributed by atoms with van der Waals surface area (Å²) in [5, 5.41) is 4.41. The molecule has 1 aromatic heterocycles. The molecule has 124 valence electrons. The van der Waals surface area contributed by atoms with E-state index in [0.717, 1.165) is 11.3 Å². The van der Waals surface area contributed by atoms with Crippen molar-refractivity contribution in [3.05, 3.63) is 42.1 Å². The van der Waals surface area contributed by atoms with Gasteiger partial charge in [-0.15, -0.1) is 0 Å². The number of methoxy groups -OCH3 is 1. The van der Waals surface area contributed by atoms with Crippen molar-refractivity contribution in [1.82, 2.24) is 9.78 Å². The molecule has 2 rings (SSSR count). The van der Waals surface area contributed by atoms with E-state index in [9.17, 15) is 4.79 Å². The molecule has 2 aromatic rings. The standard InChI is InChI=1S/C17H23N3O3/c1-17(2,3)23-16(21)19(4)15-10-11-20(18-15)12-13-6-8-14(22-5)9-7-13/h6-11H,12H2,1-5H3. The summed E-state index contributed by atoms with van der Waals surface area (Å²) in [6.07, 6.45) is 1.41. The highest BCUT2D eigenvalue weighted by molar-refractivity contribution is 5.85. The summed E-state index contributed by atoms with van der Waals surface area (Å²) in [5.41, 5.74) is 0.567. The molecule has 0 radical (unpaired) electrons. The third kappa shape index (κ3) is 4.74. The molecule has 23 heavy (non-hydrogen) atoms. The molecule has 6 heteroatoms. The number of nitrogens with zero attached hydrogens (tertiary/aromatic N) is 3. The summed E-state index contributed by atoms with van der Waals surface area (Å²) in [6.45, 7) is 6.12. The molecule has 0 aliphatic heterocycles. The van der Waals surface area contributed by atoms with Gasteiger partial charge in [0.05, 0.1) is 13.7 Å². The van der Waals surface area contributed by atoms with E-state index in [1.807, 2.05) is 51.2 Å². The summed E-state index contributed by atoms with van der Waals surface area (Å²) in [4.78, 5) is 13.4. The third-order valence-corrected chi connectivity index (χ3v) is 3.14. The molecule has 0 fully saturated rings. The predicted octanol–water partition coefficient (Wildman–Crippen LogP) is 3.31. The lowest BCUT2D eigenvalue weighted by atomic mass is 10.2. The maximum absolute atomic E-state index is 12.0. The Morgan fingerprint density at radius 2 is 1.87 bits per heavy atom. The zero-order valence-electron chi connectivity index (χ0n) is 14.2. The summed E-state index contributed by atoms with van der Waals surface area (Å²) < 4.78 is 12.2. The fourth-order valence-corrected chi connectivity index (χ4v) is 1.96. The highest BCUT2D eigenvalue weighted by Gasteiger charge is 2.21. The van der Waals surface area contributed by atoms with Gasteiger partial charge in [0.25, 0.3) is 0 Å². The summed E-state index contributed by atoms with van der Waals surface area (Å²) in [6, 6.07) is 9.57. The van der Waals surface area contributed by atoms with E-state index in [1.165, 1.54) is 4.90 Å². The largest absolute Gasteiger partial charge is 0.497 e. The second kappa shape index (κ2) is 6.73. The van der Waals surface area contributed by atoms with Crippen molar-refractivity contribution in [2.75, 3.05) is 19.1 Å². The third-order valence-electron chi connectivity index (χ3n) is 3.14. The minimum Gasteiger partial charge on any atom is -0.497 e. The van der Waals surface area contributed by atoms with E-state index >= 15 is 0 Å². The van der Waals surface area contributed by atoms with Crippen molar-refractivity contribution in [3.8, 4) is 5.75 Å². The summed E-state index contributed by atoms with van der Waals surface area (Å²) in [7, 11) is 3.29. The second-order valence-electron chi connectivity index (χ2n) is 6.26. The summed E-state index contributed by atoms with van der Waals surface area (Å²) >= 11 is 0.